The molecule has 2 rings (SSSR count). The van der Waals surface area contributed by atoms with E-state index in [0.717, 1.165) is 0 Å². The molecule has 0 amide bonds. The second-order valence-corrected chi connectivity index (χ2v) is 4.39. The summed E-state index contributed by atoms with van der Waals surface area (Å²) in [6.45, 7) is 4.13. The largest absolute Gasteiger partial charge is 0.386 e. The summed E-state index contributed by atoms with van der Waals surface area (Å²) in [6, 6.07) is 0. The van der Waals surface area contributed by atoms with Crippen LogP contribution in [0, 0.1) is 0 Å². The van der Waals surface area contributed by atoms with E-state index in [1.54, 1.807) is 24.3 Å². The van der Waals surface area contributed by atoms with E-state index in [-0.39, 0.29) is 6.10 Å². The molecule has 0 aromatic carbocycles. The molecule has 2 aliphatic heterocycles. The fraction of sp³-hybridized carbons (Fsp3) is 0.583. The highest BCUT2D eigenvalue weighted by Crippen LogP contribution is 2.29. The Balaban J connectivity index is 2.13. The van der Waals surface area contributed by atoms with Crippen LogP contribution in [-0.2, 0) is 14.2 Å². The molecule has 0 radical (unpaired) electrons. The molecule has 2 heterocycles. The van der Waals surface area contributed by atoms with Gasteiger partial charge in [-0.15, -0.1) is 0 Å². The maximum absolute atomic E-state index is 10.3. The number of aliphatic imine (C=N–C) groups is 1. The van der Waals surface area contributed by atoms with Gasteiger partial charge in [-0.1, -0.05) is 6.58 Å². The fourth-order valence-electron chi connectivity index (χ4n) is 2.26. The third-order valence-electron chi connectivity index (χ3n) is 3.15. The van der Waals surface area contributed by atoms with E-state index in [1.807, 2.05) is 0 Å². The summed E-state index contributed by atoms with van der Waals surface area (Å²) in [5.74, 6) is 0.780. The van der Waals surface area contributed by atoms with Gasteiger partial charge < -0.3 is 30.0 Å². The second kappa shape index (κ2) is 5.70. The van der Waals surface area contributed by atoms with E-state index in [2.05, 4.69) is 11.6 Å². The third-order valence-corrected chi connectivity index (χ3v) is 3.15. The molecule has 0 bridgehead atoms. The second-order valence-electron chi connectivity index (χ2n) is 4.39. The number of aliphatic hydroxyl groups is 1. The van der Waals surface area contributed by atoms with Crippen LogP contribution in [0.1, 0.15) is 0 Å². The average molecular weight is 269 g/mol. The van der Waals surface area contributed by atoms with Crippen molar-refractivity contribution < 1.29 is 19.3 Å². The molecule has 19 heavy (non-hydrogen) atoms. The third kappa shape index (κ3) is 2.64. The van der Waals surface area contributed by atoms with E-state index in [9.17, 15) is 5.11 Å². The van der Waals surface area contributed by atoms with Gasteiger partial charge in [0.05, 0.1) is 6.61 Å². The van der Waals surface area contributed by atoms with E-state index >= 15 is 0 Å². The van der Waals surface area contributed by atoms with Gasteiger partial charge in [-0.25, -0.2) is 4.99 Å². The number of amidine groups is 1. The van der Waals surface area contributed by atoms with Crippen LogP contribution < -0.4 is 5.73 Å². The van der Waals surface area contributed by atoms with Crippen LogP contribution in [0.2, 0.25) is 0 Å². The molecule has 2 aliphatic rings. The first-order chi connectivity index (χ1) is 9.08. The van der Waals surface area contributed by atoms with Crippen molar-refractivity contribution in [2.75, 3.05) is 20.8 Å². The SMILES string of the molecule is C=C1N=C(N)C=CN1[C@@H]1O[C@H](COC)C(OC)C1O. The quantitative estimate of drug-likeness (QED) is 0.708. The Labute approximate surface area is 111 Å². The molecule has 1 fully saturated rings. The average Bonchev–Trinajstić information content (AvgIpc) is 2.66. The molecule has 3 N–H and O–H groups in total. The van der Waals surface area contributed by atoms with Crippen molar-refractivity contribution in [3.05, 3.63) is 24.7 Å². The minimum absolute atomic E-state index is 0.335. The van der Waals surface area contributed by atoms with Crippen LogP contribution in [0.5, 0.6) is 0 Å². The van der Waals surface area contributed by atoms with Gasteiger partial charge in [0.2, 0.25) is 0 Å². The van der Waals surface area contributed by atoms with E-state index in [0.29, 0.717) is 18.3 Å². The lowest BCUT2D eigenvalue weighted by atomic mass is 10.1. The molecule has 0 aliphatic carbocycles. The Morgan fingerprint density at radius 1 is 1.58 bits per heavy atom. The Kier molecular flexibility index (Phi) is 4.20. The smallest absolute Gasteiger partial charge is 0.164 e. The summed E-state index contributed by atoms with van der Waals surface area (Å²) >= 11 is 0. The summed E-state index contributed by atoms with van der Waals surface area (Å²) in [5.41, 5.74) is 5.58. The molecule has 2 unspecified atom stereocenters. The van der Waals surface area contributed by atoms with Crippen molar-refractivity contribution in [1.29, 1.82) is 0 Å². The van der Waals surface area contributed by atoms with E-state index < -0.39 is 18.4 Å². The lowest BCUT2D eigenvalue weighted by Gasteiger charge is -2.30. The maximum Gasteiger partial charge on any atom is 0.164 e. The monoisotopic (exact) mass is 269 g/mol. The van der Waals surface area contributed by atoms with Crippen LogP contribution in [0.25, 0.3) is 0 Å². The number of methoxy groups -OCH3 is 2. The molecule has 0 spiro atoms. The van der Waals surface area contributed by atoms with Gasteiger partial charge in [-0.05, 0) is 6.08 Å². The fourth-order valence-corrected chi connectivity index (χ4v) is 2.26. The topological polar surface area (TPSA) is 89.5 Å². The first kappa shape index (κ1) is 14.0. The van der Waals surface area contributed by atoms with Crippen LogP contribution >= 0.6 is 0 Å². The van der Waals surface area contributed by atoms with Gasteiger partial charge in [0.15, 0.2) is 6.23 Å². The van der Waals surface area contributed by atoms with Crippen molar-refractivity contribution in [1.82, 2.24) is 4.90 Å². The Hall–Kier alpha value is -1.41. The van der Waals surface area contributed by atoms with Crippen LogP contribution in [0.4, 0.5) is 0 Å². The summed E-state index contributed by atoms with van der Waals surface area (Å²) in [6.07, 6.45) is 1.04. The Bertz CT molecular complexity index is 410. The van der Waals surface area contributed by atoms with Crippen LogP contribution in [0.15, 0.2) is 29.7 Å². The van der Waals surface area contributed by atoms with Gasteiger partial charge in [0, 0.05) is 20.4 Å². The first-order valence-corrected chi connectivity index (χ1v) is 5.93. The van der Waals surface area contributed by atoms with Gasteiger partial charge in [0.25, 0.3) is 0 Å². The zero-order valence-corrected chi connectivity index (χ0v) is 11.0. The van der Waals surface area contributed by atoms with Crippen molar-refractivity contribution in [3.8, 4) is 0 Å². The standard InChI is InChI=1S/C12H19N3O4/c1-7-14-9(13)4-5-15(7)12-10(16)11(18-3)8(19-12)6-17-2/h4-5,8,10-12,16H,1,6H2,2-3H3,(H2,13,14)/t8-,10?,11?,12-/m1/s1. The highest BCUT2D eigenvalue weighted by molar-refractivity contribution is 5.92. The summed E-state index contributed by atoms with van der Waals surface area (Å²) in [7, 11) is 3.10. The van der Waals surface area contributed by atoms with Crippen molar-refractivity contribution in [2.24, 2.45) is 10.7 Å². The normalized spacial score (nSPS) is 34.8. The van der Waals surface area contributed by atoms with E-state index in [1.165, 1.54) is 7.11 Å². The number of nitrogens with zero attached hydrogens (tertiary/aromatic N) is 2. The predicted octanol–water partition coefficient (Wildman–Crippen LogP) is -0.609. The number of nitrogens with two attached hydrogens (primary N) is 1. The van der Waals surface area contributed by atoms with Crippen LogP contribution in [0.3, 0.4) is 0 Å². The summed E-state index contributed by atoms with van der Waals surface area (Å²) < 4.78 is 16.1. The predicted molar refractivity (Wildman–Crippen MR) is 69.1 cm³/mol. The molecule has 0 saturated carbocycles. The van der Waals surface area contributed by atoms with Gasteiger partial charge >= 0.3 is 0 Å². The maximum atomic E-state index is 10.3. The zero-order valence-electron chi connectivity index (χ0n) is 11.0. The molecular weight excluding hydrogens is 250 g/mol. The Morgan fingerprint density at radius 3 is 2.89 bits per heavy atom. The lowest BCUT2D eigenvalue weighted by molar-refractivity contribution is -0.0751. The number of hydrogen-bond donors (Lipinski definition) is 2. The molecule has 0 aromatic rings. The number of rotatable bonds is 4. The van der Waals surface area contributed by atoms with Gasteiger partial charge in [-0.3, -0.25) is 0 Å². The minimum atomic E-state index is -0.832. The molecule has 106 valence electrons. The zero-order chi connectivity index (χ0) is 14.0. The molecular formula is C12H19N3O4. The molecule has 7 heteroatoms. The summed E-state index contributed by atoms with van der Waals surface area (Å²) in [4.78, 5) is 5.67. The van der Waals surface area contributed by atoms with Crippen molar-refractivity contribution >= 4 is 5.84 Å². The first-order valence-electron chi connectivity index (χ1n) is 5.93. The van der Waals surface area contributed by atoms with Crippen molar-refractivity contribution in [3.63, 3.8) is 0 Å². The summed E-state index contributed by atoms with van der Waals surface area (Å²) in [5, 5.41) is 10.3. The number of ether oxygens (including phenoxy) is 3. The van der Waals surface area contributed by atoms with Crippen LogP contribution in [-0.4, -0.2) is 61.2 Å². The highest BCUT2D eigenvalue weighted by atomic mass is 16.6. The minimum Gasteiger partial charge on any atom is -0.386 e. The van der Waals surface area contributed by atoms with Gasteiger partial charge in [0.1, 0.15) is 30.0 Å². The molecule has 0 aromatic heterocycles. The lowest BCUT2D eigenvalue weighted by Crippen LogP contribution is -2.42. The Morgan fingerprint density at radius 2 is 2.32 bits per heavy atom. The number of hydrogen-bond acceptors (Lipinski definition) is 7. The number of aliphatic hydroxyl groups excluding tert-OH is 1. The molecule has 4 atom stereocenters. The molecule has 1 saturated heterocycles. The van der Waals surface area contributed by atoms with Gasteiger partial charge in [-0.2, -0.15) is 0 Å². The van der Waals surface area contributed by atoms with E-state index in [4.69, 9.17) is 19.9 Å². The molecule has 7 nitrogen and oxygen atoms in total. The van der Waals surface area contributed by atoms with Crippen molar-refractivity contribution in [2.45, 2.75) is 24.5 Å². The highest BCUT2D eigenvalue weighted by Gasteiger charge is 2.46.